The highest BCUT2D eigenvalue weighted by atomic mass is 16.5. The third kappa shape index (κ3) is 6.29. The van der Waals surface area contributed by atoms with E-state index in [0.29, 0.717) is 5.75 Å². The Hall–Kier alpha value is -3.45. The predicted molar refractivity (Wildman–Crippen MR) is 129 cm³/mol. The number of fused-ring (bicyclic) bond motifs is 1. The first-order chi connectivity index (χ1) is 16.1. The fraction of sp³-hybridized carbons (Fsp3) is 0.346. The van der Waals surface area contributed by atoms with Crippen LogP contribution in [0.15, 0.2) is 66.2 Å². The summed E-state index contributed by atoms with van der Waals surface area (Å²) in [5, 5.41) is 11.8. The van der Waals surface area contributed by atoms with E-state index in [4.69, 9.17) is 4.74 Å². The van der Waals surface area contributed by atoms with Crippen LogP contribution < -0.4 is 10.1 Å². The molecule has 2 aromatic carbocycles. The quantitative estimate of drug-likeness (QED) is 0.575. The van der Waals surface area contributed by atoms with Crippen molar-refractivity contribution in [2.24, 2.45) is 0 Å². The first-order valence-corrected chi connectivity index (χ1v) is 11.4. The van der Waals surface area contributed by atoms with Crippen LogP contribution in [0.25, 0.3) is 6.08 Å². The Balaban J connectivity index is 1.32. The highest BCUT2D eigenvalue weighted by Crippen LogP contribution is 2.17. The topological polar surface area (TPSA) is 72.3 Å². The number of amides is 1. The van der Waals surface area contributed by atoms with Crippen LogP contribution in [0.3, 0.4) is 0 Å². The van der Waals surface area contributed by atoms with E-state index in [1.165, 1.54) is 11.1 Å². The molecule has 0 fully saturated rings. The van der Waals surface area contributed by atoms with Crippen molar-refractivity contribution in [2.75, 3.05) is 26.2 Å². The number of ether oxygens (including phenoxy) is 1. The van der Waals surface area contributed by atoms with Gasteiger partial charge < -0.3 is 14.6 Å². The number of hydrogen-bond donors (Lipinski definition) is 1. The zero-order valence-corrected chi connectivity index (χ0v) is 19.3. The summed E-state index contributed by atoms with van der Waals surface area (Å²) in [5.41, 5.74) is 2.56. The van der Waals surface area contributed by atoms with Gasteiger partial charge >= 0.3 is 0 Å². The lowest BCUT2D eigenvalue weighted by atomic mass is 10.1. The minimum Gasteiger partial charge on any atom is -0.484 e. The van der Waals surface area contributed by atoms with E-state index in [-0.39, 0.29) is 18.6 Å². The number of para-hydroxylation sites is 1. The standard InChI is InChI=1S/C26H31N5O2/c1-20(17-22-9-5-3-6-10-22)18-30-14-13-24-28-29-26(31(24)16-15-30)21(2)27-25(32)19-33-23-11-7-4-8-12-23/h3-12,17,21H,13-16,18-19H2,1-2H3,(H,27,32)/b20-17+/t21-/m1/s1. The second-order valence-corrected chi connectivity index (χ2v) is 8.44. The van der Waals surface area contributed by atoms with E-state index in [2.05, 4.69) is 62.2 Å². The molecule has 0 spiro atoms. The molecule has 7 heteroatoms. The van der Waals surface area contributed by atoms with Gasteiger partial charge in [0.25, 0.3) is 5.91 Å². The molecule has 0 aliphatic carbocycles. The van der Waals surface area contributed by atoms with Crippen molar-refractivity contribution in [3.63, 3.8) is 0 Å². The number of aromatic nitrogens is 3. The van der Waals surface area contributed by atoms with Gasteiger partial charge in [0.1, 0.15) is 11.6 Å². The summed E-state index contributed by atoms with van der Waals surface area (Å²) >= 11 is 0. The maximum atomic E-state index is 12.4. The average Bonchev–Trinajstić information content (AvgIpc) is 3.13. The van der Waals surface area contributed by atoms with Crippen LogP contribution in [0.5, 0.6) is 5.75 Å². The molecule has 1 N–H and O–H groups in total. The normalized spacial score (nSPS) is 15.4. The number of nitrogens with one attached hydrogen (secondary N) is 1. The number of carbonyl (C=O) groups excluding carboxylic acids is 1. The molecule has 172 valence electrons. The summed E-state index contributed by atoms with van der Waals surface area (Å²) in [4.78, 5) is 14.8. The Morgan fingerprint density at radius 3 is 2.55 bits per heavy atom. The Labute approximate surface area is 195 Å². The van der Waals surface area contributed by atoms with Gasteiger partial charge in [-0.25, -0.2) is 0 Å². The minimum atomic E-state index is -0.246. The maximum Gasteiger partial charge on any atom is 0.258 e. The Kier molecular flexibility index (Phi) is 7.52. The Bertz CT molecular complexity index is 1080. The highest BCUT2D eigenvalue weighted by molar-refractivity contribution is 5.77. The summed E-state index contributed by atoms with van der Waals surface area (Å²) < 4.78 is 7.70. The van der Waals surface area contributed by atoms with Gasteiger partial charge in [-0.2, -0.15) is 0 Å². The van der Waals surface area contributed by atoms with Crippen molar-refractivity contribution in [1.29, 1.82) is 0 Å². The molecule has 0 saturated heterocycles. The van der Waals surface area contributed by atoms with E-state index in [1.807, 2.05) is 43.3 Å². The molecule has 0 radical (unpaired) electrons. The molecule has 2 heterocycles. The first-order valence-electron chi connectivity index (χ1n) is 11.4. The van der Waals surface area contributed by atoms with Gasteiger partial charge in [-0.15, -0.1) is 10.2 Å². The molecule has 1 atom stereocenters. The monoisotopic (exact) mass is 445 g/mol. The van der Waals surface area contributed by atoms with Gasteiger partial charge in [-0.05, 0) is 31.5 Å². The average molecular weight is 446 g/mol. The highest BCUT2D eigenvalue weighted by Gasteiger charge is 2.23. The molecular weight excluding hydrogens is 414 g/mol. The molecule has 1 amide bonds. The fourth-order valence-corrected chi connectivity index (χ4v) is 4.11. The number of hydrogen-bond acceptors (Lipinski definition) is 5. The second-order valence-electron chi connectivity index (χ2n) is 8.44. The second kappa shape index (κ2) is 10.9. The van der Waals surface area contributed by atoms with Crippen molar-refractivity contribution in [3.05, 3.63) is 83.4 Å². The molecular formula is C26H31N5O2. The van der Waals surface area contributed by atoms with E-state index in [9.17, 15) is 4.79 Å². The molecule has 1 aromatic heterocycles. The number of nitrogens with zero attached hydrogens (tertiary/aromatic N) is 4. The van der Waals surface area contributed by atoms with Gasteiger partial charge in [0.2, 0.25) is 0 Å². The third-order valence-electron chi connectivity index (χ3n) is 5.71. The van der Waals surface area contributed by atoms with Crippen LogP contribution in [0.4, 0.5) is 0 Å². The van der Waals surface area contributed by atoms with E-state index in [0.717, 1.165) is 44.2 Å². The first kappa shape index (κ1) is 22.7. The molecule has 33 heavy (non-hydrogen) atoms. The SMILES string of the molecule is C/C(=C\c1ccccc1)CN1CCc2nnc([C@@H](C)NC(=O)COc3ccccc3)n2CC1. The number of benzene rings is 2. The third-order valence-corrected chi connectivity index (χ3v) is 5.71. The lowest BCUT2D eigenvalue weighted by Crippen LogP contribution is -2.33. The molecule has 7 nitrogen and oxygen atoms in total. The van der Waals surface area contributed by atoms with Gasteiger partial charge in [0.05, 0.1) is 6.04 Å². The van der Waals surface area contributed by atoms with E-state index < -0.39 is 0 Å². The number of carbonyl (C=O) groups is 1. The van der Waals surface area contributed by atoms with Crippen molar-refractivity contribution in [2.45, 2.75) is 32.9 Å². The van der Waals surface area contributed by atoms with Crippen molar-refractivity contribution < 1.29 is 9.53 Å². The van der Waals surface area contributed by atoms with Crippen LogP contribution in [0, 0.1) is 0 Å². The van der Waals surface area contributed by atoms with E-state index in [1.54, 1.807) is 0 Å². The summed E-state index contributed by atoms with van der Waals surface area (Å²) in [6.45, 7) is 7.66. The lowest BCUT2D eigenvalue weighted by Gasteiger charge is -2.20. The predicted octanol–water partition coefficient (Wildman–Crippen LogP) is 3.50. The van der Waals surface area contributed by atoms with Gasteiger partial charge in [0.15, 0.2) is 12.4 Å². The molecule has 3 aromatic rings. The Morgan fingerprint density at radius 1 is 1.06 bits per heavy atom. The molecule has 1 aliphatic heterocycles. The van der Waals surface area contributed by atoms with Crippen LogP contribution in [-0.4, -0.2) is 51.8 Å². The zero-order valence-electron chi connectivity index (χ0n) is 19.3. The number of rotatable bonds is 8. The molecule has 0 saturated carbocycles. The van der Waals surface area contributed by atoms with Crippen LogP contribution in [0.2, 0.25) is 0 Å². The van der Waals surface area contributed by atoms with Crippen molar-refractivity contribution in [3.8, 4) is 5.75 Å². The van der Waals surface area contributed by atoms with Crippen LogP contribution >= 0.6 is 0 Å². The van der Waals surface area contributed by atoms with Gasteiger partial charge in [-0.1, -0.05) is 60.2 Å². The zero-order chi connectivity index (χ0) is 23.0. The maximum absolute atomic E-state index is 12.4. The van der Waals surface area contributed by atoms with Gasteiger partial charge in [0, 0.05) is 32.6 Å². The van der Waals surface area contributed by atoms with Crippen LogP contribution in [-0.2, 0) is 17.8 Å². The molecule has 4 rings (SSSR count). The largest absolute Gasteiger partial charge is 0.484 e. The summed E-state index contributed by atoms with van der Waals surface area (Å²) in [6, 6.07) is 19.5. The van der Waals surface area contributed by atoms with E-state index >= 15 is 0 Å². The summed E-state index contributed by atoms with van der Waals surface area (Å²) in [6.07, 6.45) is 3.08. The smallest absolute Gasteiger partial charge is 0.258 e. The fourth-order valence-electron chi connectivity index (χ4n) is 4.11. The molecule has 0 unspecified atom stereocenters. The summed E-state index contributed by atoms with van der Waals surface area (Å²) in [5.74, 6) is 2.25. The lowest BCUT2D eigenvalue weighted by molar-refractivity contribution is -0.123. The summed E-state index contributed by atoms with van der Waals surface area (Å²) in [7, 11) is 0. The van der Waals surface area contributed by atoms with Crippen LogP contribution in [0.1, 0.15) is 37.1 Å². The Morgan fingerprint density at radius 2 is 1.79 bits per heavy atom. The molecule has 1 aliphatic rings. The molecule has 0 bridgehead atoms. The minimum absolute atomic E-state index is 0.0316. The van der Waals surface area contributed by atoms with Crippen molar-refractivity contribution >= 4 is 12.0 Å². The van der Waals surface area contributed by atoms with Gasteiger partial charge in [-0.3, -0.25) is 9.69 Å². The van der Waals surface area contributed by atoms with Crippen molar-refractivity contribution in [1.82, 2.24) is 25.0 Å².